The van der Waals surface area contributed by atoms with Crippen LogP contribution < -0.4 is 14.8 Å². The lowest BCUT2D eigenvalue weighted by molar-refractivity contribution is 0.0964. The summed E-state index contributed by atoms with van der Waals surface area (Å²) in [5.41, 5.74) is 5.61. The summed E-state index contributed by atoms with van der Waals surface area (Å²) in [6, 6.07) is 25.1. The number of benzene rings is 4. The summed E-state index contributed by atoms with van der Waals surface area (Å²) >= 11 is 0. The maximum atomic E-state index is 13.7. The quantitative estimate of drug-likeness (QED) is 0.211. The Morgan fingerprint density at radius 2 is 1.73 bits per heavy atom. The molecule has 0 bridgehead atoms. The fourth-order valence-corrected chi connectivity index (χ4v) is 6.45. The molecular weight excluding hydrogens is 581 g/mol. The molecule has 0 fully saturated rings. The summed E-state index contributed by atoms with van der Waals surface area (Å²) in [7, 11) is -2.16. The molecule has 0 aliphatic carbocycles. The van der Waals surface area contributed by atoms with Crippen LogP contribution in [0.3, 0.4) is 0 Å². The molecule has 8 nitrogen and oxygen atoms in total. The number of amides is 1. The molecule has 6 aromatic rings. The van der Waals surface area contributed by atoms with E-state index in [4.69, 9.17) is 9.15 Å². The highest BCUT2D eigenvalue weighted by Crippen LogP contribution is 2.43. The third kappa shape index (κ3) is 4.67. The first-order chi connectivity index (χ1) is 21.3. The average Bonchev–Trinajstić information content (AvgIpc) is 3.53. The molecule has 0 radical (unpaired) electrons. The van der Waals surface area contributed by atoms with E-state index in [2.05, 4.69) is 32.8 Å². The smallest absolute Gasteiger partial charge is 0.255 e. The molecule has 0 saturated carbocycles. The number of carbonyl (C=O) groups is 1. The summed E-state index contributed by atoms with van der Waals surface area (Å²) in [6.07, 6.45) is 0. The first kappa shape index (κ1) is 27.7. The normalized spacial score (nSPS) is 12.8. The second-order valence-corrected chi connectivity index (χ2v) is 12.6. The minimum absolute atomic E-state index is 0.134. The largest absolute Gasteiger partial charge is 0.491 e. The molecule has 44 heavy (non-hydrogen) atoms. The summed E-state index contributed by atoms with van der Waals surface area (Å²) < 4.78 is 56.7. The number of anilines is 1. The molecule has 2 aromatic heterocycles. The van der Waals surface area contributed by atoms with Crippen molar-refractivity contribution in [1.82, 2.24) is 9.88 Å². The number of sulfonamides is 1. The van der Waals surface area contributed by atoms with E-state index >= 15 is 0 Å². The molecule has 7 rings (SSSR count). The Hall–Kier alpha value is -5.09. The lowest BCUT2D eigenvalue weighted by Gasteiger charge is -2.15. The Bertz CT molecular complexity index is 2200. The van der Waals surface area contributed by atoms with Crippen LogP contribution in [-0.4, -0.2) is 38.3 Å². The highest BCUT2D eigenvalue weighted by molar-refractivity contribution is 7.92. The number of hydrogen-bond acceptors (Lipinski definition) is 5. The molecule has 0 unspecified atom stereocenters. The molecule has 4 aromatic carbocycles. The zero-order valence-corrected chi connectivity index (χ0v) is 24.8. The van der Waals surface area contributed by atoms with Crippen molar-refractivity contribution in [3.8, 4) is 39.5 Å². The number of nitrogens with one attached hydrogen (secondary N) is 2. The van der Waals surface area contributed by atoms with Crippen LogP contribution in [0.25, 0.3) is 55.6 Å². The van der Waals surface area contributed by atoms with Gasteiger partial charge >= 0.3 is 0 Å². The number of fused-ring (bicyclic) bond motifs is 6. The third-order valence-electron chi connectivity index (χ3n) is 7.98. The molecule has 0 atom stereocenters. The number of nitrogens with zero attached hydrogens (tertiary/aromatic N) is 1. The molecule has 222 valence electrons. The van der Waals surface area contributed by atoms with E-state index in [1.165, 1.54) is 31.3 Å². The molecule has 0 saturated heterocycles. The van der Waals surface area contributed by atoms with Gasteiger partial charge in [0.1, 0.15) is 29.5 Å². The van der Waals surface area contributed by atoms with Crippen molar-refractivity contribution in [2.75, 3.05) is 24.1 Å². The van der Waals surface area contributed by atoms with Gasteiger partial charge in [-0.15, -0.1) is 0 Å². The van der Waals surface area contributed by atoms with Gasteiger partial charge in [-0.1, -0.05) is 24.3 Å². The van der Waals surface area contributed by atoms with Crippen molar-refractivity contribution < 1.29 is 26.8 Å². The van der Waals surface area contributed by atoms with Gasteiger partial charge in [-0.2, -0.15) is 0 Å². The van der Waals surface area contributed by atoms with E-state index in [1.54, 1.807) is 19.1 Å². The third-order valence-corrected chi connectivity index (χ3v) is 9.27. The Morgan fingerprint density at radius 3 is 2.50 bits per heavy atom. The first-order valence-electron chi connectivity index (χ1n) is 14.2. The Kier molecular flexibility index (Phi) is 6.66. The lowest BCUT2D eigenvalue weighted by atomic mass is 9.96. The van der Waals surface area contributed by atoms with Crippen LogP contribution in [0.15, 0.2) is 89.3 Å². The van der Waals surface area contributed by atoms with E-state index in [1.807, 2.05) is 30.3 Å². The molecule has 3 heterocycles. The average molecular weight is 610 g/mol. The number of carbonyl (C=O) groups excluding carboxylic acids is 1. The molecule has 1 amide bonds. The predicted molar refractivity (Wildman–Crippen MR) is 170 cm³/mol. The fraction of sp³-hybridized carbons (Fsp3) is 0.147. The standard InChI is InChI=1S/C34H28FN3O5S/c1-3-44(40,41)37-27-19-31-26(32(34(39)36-2)33(43-31)20-8-11-23(35)12-9-20)18-24(27)21-10-13-30-25(16-21)29-17-22-6-4-5-7-28(22)38(29)14-15-42-30/h4-13,16-19,37H,3,14-15H2,1-2H3,(H,36,39). The molecular formula is C34H28FN3O5S. The highest BCUT2D eigenvalue weighted by atomic mass is 32.2. The van der Waals surface area contributed by atoms with Crippen molar-refractivity contribution in [3.63, 3.8) is 0 Å². The number of furan rings is 1. The van der Waals surface area contributed by atoms with Crippen molar-refractivity contribution >= 4 is 43.5 Å². The van der Waals surface area contributed by atoms with Gasteiger partial charge in [-0.05, 0) is 67.1 Å². The van der Waals surface area contributed by atoms with E-state index < -0.39 is 21.7 Å². The minimum atomic E-state index is -3.68. The van der Waals surface area contributed by atoms with Crippen LogP contribution in [0.4, 0.5) is 10.1 Å². The summed E-state index contributed by atoms with van der Waals surface area (Å²) in [6.45, 7) is 2.74. The second-order valence-electron chi connectivity index (χ2n) is 10.6. The summed E-state index contributed by atoms with van der Waals surface area (Å²) in [5.74, 6) is 0.0259. The predicted octanol–water partition coefficient (Wildman–Crippen LogP) is 7.04. The monoisotopic (exact) mass is 609 g/mol. The van der Waals surface area contributed by atoms with Crippen LogP contribution in [0.2, 0.25) is 0 Å². The number of para-hydroxylation sites is 1. The van der Waals surface area contributed by atoms with Crippen molar-refractivity contribution in [1.29, 1.82) is 0 Å². The van der Waals surface area contributed by atoms with E-state index in [9.17, 15) is 17.6 Å². The van der Waals surface area contributed by atoms with E-state index in [0.29, 0.717) is 46.5 Å². The number of hydrogen-bond donors (Lipinski definition) is 2. The molecule has 10 heteroatoms. The van der Waals surface area contributed by atoms with Gasteiger partial charge in [0.15, 0.2) is 0 Å². The SMILES string of the molecule is CCS(=O)(=O)Nc1cc2oc(-c3ccc(F)cc3)c(C(=O)NC)c2cc1-c1ccc2c(c1)-c1cc3ccccc3n1CCO2. The minimum Gasteiger partial charge on any atom is -0.491 e. The van der Waals surface area contributed by atoms with Gasteiger partial charge in [-0.25, -0.2) is 12.8 Å². The number of ether oxygens (including phenoxy) is 1. The maximum Gasteiger partial charge on any atom is 0.255 e. The van der Waals surface area contributed by atoms with E-state index in [-0.39, 0.29) is 17.1 Å². The number of aromatic nitrogens is 1. The van der Waals surface area contributed by atoms with Gasteiger partial charge in [0.2, 0.25) is 10.0 Å². The highest BCUT2D eigenvalue weighted by Gasteiger charge is 2.26. The van der Waals surface area contributed by atoms with Crippen molar-refractivity contribution in [2.45, 2.75) is 13.5 Å². The summed E-state index contributed by atoms with van der Waals surface area (Å²) in [4.78, 5) is 13.2. The molecule has 0 spiro atoms. The van der Waals surface area contributed by atoms with Gasteiger partial charge in [0.05, 0.1) is 29.2 Å². The van der Waals surface area contributed by atoms with Gasteiger partial charge in [0.25, 0.3) is 5.91 Å². The molecule has 2 N–H and O–H groups in total. The van der Waals surface area contributed by atoms with Crippen molar-refractivity contribution in [2.24, 2.45) is 0 Å². The maximum absolute atomic E-state index is 13.7. The number of halogens is 1. The second kappa shape index (κ2) is 10.6. The van der Waals surface area contributed by atoms with Crippen LogP contribution in [0, 0.1) is 5.82 Å². The molecule has 1 aliphatic heterocycles. The zero-order chi connectivity index (χ0) is 30.6. The first-order valence-corrected chi connectivity index (χ1v) is 15.9. The fourth-order valence-electron chi connectivity index (χ4n) is 5.81. The lowest BCUT2D eigenvalue weighted by Crippen LogP contribution is -2.18. The Morgan fingerprint density at radius 1 is 0.955 bits per heavy atom. The van der Waals surface area contributed by atoms with Crippen LogP contribution in [0.1, 0.15) is 17.3 Å². The number of rotatable bonds is 6. The molecule has 1 aliphatic rings. The van der Waals surface area contributed by atoms with Crippen LogP contribution in [0.5, 0.6) is 5.75 Å². The van der Waals surface area contributed by atoms with Gasteiger partial charge in [0, 0.05) is 46.1 Å². The van der Waals surface area contributed by atoms with Gasteiger partial charge < -0.3 is 19.0 Å². The van der Waals surface area contributed by atoms with Gasteiger partial charge in [-0.3, -0.25) is 9.52 Å². The Labute approximate surface area is 253 Å². The van der Waals surface area contributed by atoms with Crippen LogP contribution >= 0.6 is 0 Å². The summed E-state index contributed by atoms with van der Waals surface area (Å²) in [5, 5.41) is 4.27. The van der Waals surface area contributed by atoms with Crippen LogP contribution in [-0.2, 0) is 16.6 Å². The topological polar surface area (TPSA) is 103 Å². The van der Waals surface area contributed by atoms with E-state index in [0.717, 1.165) is 27.9 Å². The van der Waals surface area contributed by atoms with Crippen molar-refractivity contribution in [3.05, 3.63) is 96.3 Å². The Balaban J connectivity index is 1.48. The zero-order valence-electron chi connectivity index (χ0n) is 24.0.